The number of nitrogens with one attached hydrogen (secondary N) is 1. The summed E-state index contributed by atoms with van der Waals surface area (Å²) in [5, 5.41) is 38.1. The van der Waals surface area contributed by atoms with Crippen LogP contribution in [0.5, 0.6) is 17.2 Å². The van der Waals surface area contributed by atoms with Crippen LogP contribution in [0, 0.1) is 5.92 Å². The summed E-state index contributed by atoms with van der Waals surface area (Å²) < 4.78 is 3.66. The second kappa shape index (κ2) is 11.9. The Morgan fingerprint density at radius 3 is 2.45 bits per heavy atom. The number of aromatic nitrogens is 4. The van der Waals surface area contributed by atoms with E-state index in [0.717, 1.165) is 55.4 Å². The lowest BCUT2D eigenvalue weighted by atomic mass is 9.93. The molecule has 0 bridgehead atoms. The van der Waals surface area contributed by atoms with Crippen LogP contribution < -0.4 is 5.69 Å². The summed E-state index contributed by atoms with van der Waals surface area (Å²) in [7, 11) is 0. The number of fused-ring (bicyclic) bond motifs is 1. The van der Waals surface area contributed by atoms with Gasteiger partial charge in [0.15, 0.2) is 5.82 Å². The molecule has 5 aromatic rings. The van der Waals surface area contributed by atoms with E-state index in [1.54, 1.807) is 30.3 Å². The van der Waals surface area contributed by atoms with Crippen molar-refractivity contribution in [3.63, 3.8) is 0 Å². The smallest absolute Gasteiger partial charge is 0.348 e. The number of piperidine rings is 1. The molecule has 0 saturated carbocycles. The van der Waals surface area contributed by atoms with Crippen LogP contribution in [0.4, 0.5) is 0 Å². The lowest BCUT2D eigenvalue weighted by Crippen LogP contribution is -2.39. The minimum atomic E-state index is -0.426. The number of amides is 1. The van der Waals surface area contributed by atoms with Crippen molar-refractivity contribution in [2.24, 2.45) is 5.92 Å². The predicted octanol–water partition coefficient (Wildman–Crippen LogP) is 5.29. The molecule has 10 nitrogen and oxygen atoms in total. The van der Waals surface area contributed by atoms with Crippen molar-refractivity contribution >= 4 is 16.8 Å². The number of aryl methyl sites for hydroxylation is 1. The molecule has 4 N–H and O–H groups in total. The van der Waals surface area contributed by atoms with Gasteiger partial charge in [0.1, 0.15) is 17.2 Å². The normalized spacial score (nSPS) is 14.1. The molecule has 1 amide bonds. The van der Waals surface area contributed by atoms with Crippen molar-refractivity contribution in [3.8, 4) is 34.3 Å². The summed E-state index contributed by atoms with van der Waals surface area (Å²) >= 11 is 0. The fourth-order valence-corrected chi connectivity index (χ4v) is 6.17. The molecule has 3 heterocycles. The highest BCUT2D eigenvalue weighted by Crippen LogP contribution is 2.37. The third kappa shape index (κ3) is 5.79. The molecule has 0 aliphatic carbocycles. The van der Waals surface area contributed by atoms with Gasteiger partial charge >= 0.3 is 5.69 Å². The Balaban J connectivity index is 1.13. The van der Waals surface area contributed by atoms with Gasteiger partial charge in [0.05, 0.1) is 17.7 Å². The Kier molecular flexibility index (Phi) is 7.90. The van der Waals surface area contributed by atoms with Crippen molar-refractivity contribution in [3.05, 3.63) is 88.5 Å². The first-order valence-electron chi connectivity index (χ1n) is 15.1. The number of aromatic amines is 1. The molecule has 228 valence electrons. The van der Waals surface area contributed by atoms with E-state index in [1.165, 1.54) is 10.6 Å². The van der Waals surface area contributed by atoms with E-state index in [4.69, 9.17) is 0 Å². The number of benzene rings is 3. The highest BCUT2D eigenvalue weighted by atomic mass is 16.3. The number of aromatic hydroxyl groups is 3. The van der Waals surface area contributed by atoms with Crippen LogP contribution >= 0.6 is 0 Å². The summed E-state index contributed by atoms with van der Waals surface area (Å²) in [6.07, 6.45) is 5.36. The molecule has 0 spiro atoms. The van der Waals surface area contributed by atoms with E-state index in [9.17, 15) is 24.9 Å². The third-order valence-electron chi connectivity index (χ3n) is 8.73. The van der Waals surface area contributed by atoms with Gasteiger partial charge in [-0.1, -0.05) is 26.0 Å². The monoisotopic (exact) mass is 595 g/mol. The Bertz CT molecular complexity index is 1860. The number of likely N-dealkylation sites (tertiary alicyclic amines) is 1. The fourth-order valence-electron chi connectivity index (χ4n) is 6.17. The van der Waals surface area contributed by atoms with Gasteiger partial charge in [0, 0.05) is 42.8 Å². The minimum absolute atomic E-state index is 0.00176. The number of hydrogen-bond acceptors (Lipinski definition) is 6. The van der Waals surface area contributed by atoms with Crippen molar-refractivity contribution in [1.29, 1.82) is 0 Å². The lowest BCUT2D eigenvalue weighted by Gasteiger charge is -2.32. The maximum absolute atomic E-state index is 12.9. The number of carbonyl (C=O) groups is 1. The topological polar surface area (TPSA) is 137 Å². The van der Waals surface area contributed by atoms with Crippen LogP contribution in [0.2, 0.25) is 0 Å². The zero-order valence-electron chi connectivity index (χ0n) is 24.9. The van der Waals surface area contributed by atoms with Crippen LogP contribution in [0.3, 0.4) is 0 Å². The van der Waals surface area contributed by atoms with Crippen LogP contribution in [0.25, 0.3) is 28.0 Å². The Hall–Kier alpha value is -4.99. The Morgan fingerprint density at radius 1 is 0.977 bits per heavy atom. The number of hydrogen-bond donors (Lipinski definition) is 4. The summed E-state index contributed by atoms with van der Waals surface area (Å²) in [6.45, 7) is 6.25. The third-order valence-corrected chi connectivity index (χ3v) is 8.73. The molecule has 3 aromatic carbocycles. The molecular formula is C34H37N5O5. The average molecular weight is 596 g/mol. The van der Waals surface area contributed by atoms with E-state index >= 15 is 0 Å². The molecule has 1 aliphatic rings. The van der Waals surface area contributed by atoms with Crippen molar-refractivity contribution in [2.75, 3.05) is 13.1 Å². The second-order valence-electron chi connectivity index (χ2n) is 12.0. The molecule has 44 heavy (non-hydrogen) atoms. The van der Waals surface area contributed by atoms with E-state index in [0.29, 0.717) is 29.2 Å². The van der Waals surface area contributed by atoms with Gasteiger partial charge in [-0.2, -0.15) is 5.10 Å². The summed E-state index contributed by atoms with van der Waals surface area (Å²) in [6, 6.07) is 17.6. The van der Waals surface area contributed by atoms with Gasteiger partial charge in [-0.05, 0) is 84.7 Å². The average Bonchev–Trinajstić information content (AvgIpc) is 3.59. The van der Waals surface area contributed by atoms with E-state index < -0.39 is 5.69 Å². The molecular weight excluding hydrogens is 558 g/mol. The first-order chi connectivity index (χ1) is 21.2. The summed E-state index contributed by atoms with van der Waals surface area (Å²) in [4.78, 5) is 27.6. The molecule has 2 aromatic heterocycles. The SMILES string of the molecule is CC(C)c1cc(-c2n[nH]c(=O)n2-c2ccc3c(ccn3CCC3CCN(C(=O)Cc4ccc(O)cc4)CC3)c2)c(O)cc1O. The number of phenolic OH excluding ortho intramolecular Hbond substituents is 3. The fraction of sp³-hybridized carbons (Fsp3) is 0.324. The Morgan fingerprint density at radius 2 is 1.73 bits per heavy atom. The number of nitrogens with zero attached hydrogens (tertiary/aromatic N) is 4. The van der Waals surface area contributed by atoms with Crippen LogP contribution in [0.1, 0.15) is 50.2 Å². The van der Waals surface area contributed by atoms with Gasteiger partial charge < -0.3 is 24.8 Å². The van der Waals surface area contributed by atoms with E-state index in [2.05, 4.69) is 21.0 Å². The molecule has 0 unspecified atom stereocenters. The zero-order valence-corrected chi connectivity index (χ0v) is 24.9. The summed E-state index contributed by atoms with van der Waals surface area (Å²) in [5.74, 6) is 0.974. The minimum Gasteiger partial charge on any atom is -0.508 e. The first-order valence-corrected chi connectivity index (χ1v) is 15.1. The lowest BCUT2D eigenvalue weighted by molar-refractivity contribution is -0.131. The molecule has 0 atom stereocenters. The van der Waals surface area contributed by atoms with E-state index in [1.807, 2.05) is 43.0 Å². The zero-order chi connectivity index (χ0) is 31.0. The van der Waals surface area contributed by atoms with Gasteiger partial charge in [-0.3, -0.25) is 4.79 Å². The highest BCUT2D eigenvalue weighted by molar-refractivity contribution is 5.83. The maximum Gasteiger partial charge on any atom is 0.348 e. The van der Waals surface area contributed by atoms with Crippen LogP contribution in [0.15, 0.2) is 71.7 Å². The second-order valence-corrected chi connectivity index (χ2v) is 12.0. The maximum atomic E-state index is 12.9. The quantitative estimate of drug-likeness (QED) is 0.192. The van der Waals surface area contributed by atoms with E-state index in [-0.39, 0.29) is 34.9 Å². The van der Waals surface area contributed by atoms with Gasteiger partial charge in [0.2, 0.25) is 5.91 Å². The number of phenols is 3. The number of H-pyrrole nitrogens is 1. The molecule has 10 heteroatoms. The molecule has 1 saturated heterocycles. The van der Waals surface area contributed by atoms with Gasteiger partial charge in [0.25, 0.3) is 0 Å². The number of carbonyl (C=O) groups excluding carboxylic acids is 1. The highest BCUT2D eigenvalue weighted by Gasteiger charge is 2.23. The first kappa shape index (κ1) is 29.1. The van der Waals surface area contributed by atoms with Gasteiger partial charge in [-0.25, -0.2) is 14.5 Å². The Labute approximate surface area is 254 Å². The predicted molar refractivity (Wildman–Crippen MR) is 168 cm³/mol. The standard InChI is InChI=1S/C34H37N5O5/c1-21(2)27-19-28(31(42)20-30(27)41)33-35-36-34(44)39(33)25-5-8-29-24(18-25)12-16-37(29)13-9-22-10-14-38(15-11-22)32(43)17-23-3-6-26(40)7-4-23/h3-8,12,16,18-22,40-42H,9-11,13-15,17H2,1-2H3,(H,36,44). The largest absolute Gasteiger partial charge is 0.508 e. The van der Waals surface area contributed by atoms with Crippen LogP contribution in [-0.2, 0) is 17.8 Å². The number of rotatable bonds is 8. The van der Waals surface area contributed by atoms with Crippen molar-refractivity contribution in [1.82, 2.24) is 24.2 Å². The van der Waals surface area contributed by atoms with Crippen molar-refractivity contribution in [2.45, 2.75) is 52.0 Å². The molecule has 6 rings (SSSR count). The van der Waals surface area contributed by atoms with Crippen LogP contribution in [-0.4, -0.2) is 58.5 Å². The molecule has 1 fully saturated rings. The molecule has 0 radical (unpaired) electrons. The van der Waals surface area contributed by atoms with Gasteiger partial charge in [-0.15, -0.1) is 0 Å². The molecule has 1 aliphatic heterocycles. The summed E-state index contributed by atoms with van der Waals surface area (Å²) in [5.41, 5.74) is 3.17. The van der Waals surface area contributed by atoms with Crippen molar-refractivity contribution < 1.29 is 20.1 Å².